The Morgan fingerprint density at radius 2 is 1.89 bits per heavy atom. The van der Waals surface area contributed by atoms with Gasteiger partial charge in [0.25, 0.3) is 5.56 Å². The maximum atomic E-state index is 12.5. The molecule has 6 nitrogen and oxygen atoms in total. The second kappa shape index (κ2) is 7.09. The molecule has 0 aliphatic heterocycles. The summed E-state index contributed by atoms with van der Waals surface area (Å²) in [5.74, 6) is -0.327. The number of anilines is 1. The first-order valence-corrected chi connectivity index (χ1v) is 8.68. The molecule has 2 aromatic carbocycles. The van der Waals surface area contributed by atoms with Crippen molar-refractivity contribution in [2.45, 2.75) is 6.54 Å². The minimum atomic E-state index is -0.345. The standard InChI is InChI=1S/C20H15ClN4O2/c21-14-6-4-13(5-7-14)16-8-9-20(27)25(24-16)12-19(26)23-18-3-1-2-17-15(18)10-11-22-17/h1-11,22H,12H2,(H,23,26). The summed E-state index contributed by atoms with van der Waals surface area (Å²) < 4.78 is 1.15. The molecule has 2 aromatic heterocycles. The van der Waals surface area contributed by atoms with Gasteiger partial charge in [-0.05, 0) is 36.4 Å². The van der Waals surface area contributed by atoms with Gasteiger partial charge in [-0.2, -0.15) is 5.10 Å². The zero-order valence-corrected chi connectivity index (χ0v) is 14.9. The SMILES string of the molecule is O=C(Cn1nc(-c2ccc(Cl)cc2)ccc1=O)Nc1cccc2[nH]ccc12. The largest absolute Gasteiger partial charge is 0.361 e. The smallest absolute Gasteiger partial charge is 0.267 e. The number of rotatable bonds is 4. The number of carbonyl (C=O) groups excluding carboxylic acids is 1. The maximum Gasteiger partial charge on any atom is 0.267 e. The Labute approximate surface area is 159 Å². The fourth-order valence-electron chi connectivity index (χ4n) is 2.86. The highest BCUT2D eigenvalue weighted by molar-refractivity contribution is 6.30. The van der Waals surface area contributed by atoms with Crippen molar-refractivity contribution in [3.05, 3.63) is 82.2 Å². The lowest BCUT2D eigenvalue weighted by atomic mass is 10.1. The van der Waals surface area contributed by atoms with E-state index in [0.717, 1.165) is 21.1 Å². The molecular weight excluding hydrogens is 364 g/mol. The number of nitrogens with one attached hydrogen (secondary N) is 2. The number of fused-ring (bicyclic) bond motifs is 1. The number of hydrogen-bond donors (Lipinski definition) is 2. The third-order valence-corrected chi connectivity index (χ3v) is 4.42. The molecule has 0 aliphatic rings. The van der Waals surface area contributed by atoms with Crippen LogP contribution in [-0.2, 0) is 11.3 Å². The second-order valence-electron chi connectivity index (χ2n) is 6.01. The molecule has 4 rings (SSSR count). The number of amides is 1. The Hall–Kier alpha value is -3.38. The maximum absolute atomic E-state index is 12.5. The average molecular weight is 379 g/mol. The molecule has 4 aromatic rings. The fourth-order valence-corrected chi connectivity index (χ4v) is 2.98. The van der Waals surface area contributed by atoms with Gasteiger partial charge >= 0.3 is 0 Å². The molecule has 2 N–H and O–H groups in total. The topological polar surface area (TPSA) is 79.8 Å². The Bertz CT molecular complexity index is 1180. The lowest BCUT2D eigenvalue weighted by molar-refractivity contribution is -0.117. The molecule has 0 saturated carbocycles. The summed E-state index contributed by atoms with van der Waals surface area (Å²) in [4.78, 5) is 27.7. The van der Waals surface area contributed by atoms with E-state index in [1.807, 2.05) is 42.6 Å². The lowest BCUT2D eigenvalue weighted by Crippen LogP contribution is -2.29. The molecule has 2 heterocycles. The molecule has 134 valence electrons. The van der Waals surface area contributed by atoms with Gasteiger partial charge in [0.2, 0.25) is 5.91 Å². The monoisotopic (exact) mass is 378 g/mol. The molecule has 0 radical (unpaired) electrons. The lowest BCUT2D eigenvalue weighted by Gasteiger charge is -2.09. The van der Waals surface area contributed by atoms with Crippen molar-refractivity contribution in [2.75, 3.05) is 5.32 Å². The van der Waals surface area contributed by atoms with E-state index < -0.39 is 0 Å². The average Bonchev–Trinajstić information content (AvgIpc) is 3.14. The third kappa shape index (κ3) is 3.61. The number of aromatic nitrogens is 3. The number of carbonyl (C=O) groups is 1. The zero-order valence-electron chi connectivity index (χ0n) is 14.1. The van der Waals surface area contributed by atoms with Crippen molar-refractivity contribution in [1.29, 1.82) is 0 Å². The van der Waals surface area contributed by atoms with E-state index in [4.69, 9.17) is 11.6 Å². The second-order valence-corrected chi connectivity index (χ2v) is 6.45. The van der Waals surface area contributed by atoms with Crippen LogP contribution in [0.3, 0.4) is 0 Å². The summed E-state index contributed by atoms with van der Waals surface area (Å²) in [6.07, 6.45) is 1.81. The van der Waals surface area contributed by atoms with Crippen LogP contribution < -0.4 is 10.9 Å². The van der Waals surface area contributed by atoms with Gasteiger partial charge in [-0.3, -0.25) is 9.59 Å². The minimum absolute atomic E-state index is 0.179. The molecule has 0 atom stereocenters. The number of aromatic amines is 1. The molecule has 7 heteroatoms. The summed E-state index contributed by atoms with van der Waals surface area (Å²) >= 11 is 5.90. The van der Waals surface area contributed by atoms with Gasteiger partial charge in [0, 0.05) is 33.8 Å². The first kappa shape index (κ1) is 17.1. The summed E-state index contributed by atoms with van der Waals surface area (Å²) in [6.45, 7) is -0.179. The van der Waals surface area contributed by atoms with Crippen LogP contribution in [0.1, 0.15) is 0 Å². The summed E-state index contributed by atoms with van der Waals surface area (Å²) in [6, 6.07) is 17.6. The van der Waals surface area contributed by atoms with E-state index in [1.54, 1.807) is 18.2 Å². The molecule has 0 spiro atoms. The first-order valence-electron chi connectivity index (χ1n) is 8.30. The quantitative estimate of drug-likeness (QED) is 0.568. The minimum Gasteiger partial charge on any atom is -0.361 e. The molecule has 0 saturated heterocycles. The molecule has 27 heavy (non-hydrogen) atoms. The van der Waals surface area contributed by atoms with E-state index >= 15 is 0 Å². The predicted octanol–water partition coefficient (Wildman–Crippen LogP) is 3.68. The van der Waals surface area contributed by atoms with Gasteiger partial charge in [-0.1, -0.05) is 29.8 Å². The van der Waals surface area contributed by atoms with Crippen molar-refractivity contribution in [3.63, 3.8) is 0 Å². The van der Waals surface area contributed by atoms with Gasteiger partial charge in [0.15, 0.2) is 0 Å². The summed E-state index contributed by atoms with van der Waals surface area (Å²) in [7, 11) is 0. The molecule has 0 bridgehead atoms. The van der Waals surface area contributed by atoms with Crippen LogP contribution in [-0.4, -0.2) is 20.7 Å². The predicted molar refractivity (Wildman–Crippen MR) is 106 cm³/mol. The van der Waals surface area contributed by atoms with Crippen LogP contribution in [0, 0.1) is 0 Å². The van der Waals surface area contributed by atoms with Crippen molar-refractivity contribution >= 4 is 34.1 Å². The van der Waals surface area contributed by atoms with Gasteiger partial charge in [-0.25, -0.2) is 4.68 Å². The zero-order chi connectivity index (χ0) is 18.8. The van der Waals surface area contributed by atoms with Gasteiger partial charge < -0.3 is 10.3 Å². The molecule has 1 amide bonds. The van der Waals surface area contributed by atoms with E-state index in [9.17, 15) is 9.59 Å². The van der Waals surface area contributed by atoms with Crippen LogP contribution in [0.4, 0.5) is 5.69 Å². The Kier molecular flexibility index (Phi) is 4.48. The highest BCUT2D eigenvalue weighted by Gasteiger charge is 2.10. The number of hydrogen-bond acceptors (Lipinski definition) is 3. The Morgan fingerprint density at radius 3 is 2.70 bits per heavy atom. The first-order chi connectivity index (χ1) is 13.1. The summed E-state index contributed by atoms with van der Waals surface area (Å²) in [5, 5.41) is 8.66. The van der Waals surface area contributed by atoms with Crippen molar-refractivity contribution in [2.24, 2.45) is 0 Å². The molecule has 0 fully saturated rings. The fraction of sp³-hybridized carbons (Fsp3) is 0.0500. The summed E-state index contributed by atoms with van der Waals surface area (Å²) in [5.41, 5.74) is 2.66. The van der Waals surface area contributed by atoms with Crippen molar-refractivity contribution in [1.82, 2.24) is 14.8 Å². The van der Waals surface area contributed by atoms with Crippen LogP contribution in [0.2, 0.25) is 5.02 Å². The normalized spacial score (nSPS) is 10.9. The van der Waals surface area contributed by atoms with Gasteiger partial charge in [0.1, 0.15) is 6.54 Å². The van der Waals surface area contributed by atoms with E-state index in [0.29, 0.717) is 16.4 Å². The van der Waals surface area contributed by atoms with Crippen LogP contribution >= 0.6 is 11.6 Å². The Morgan fingerprint density at radius 1 is 1.07 bits per heavy atom. The third-order valence-electron chi connectivity index (χ3n) is 4.17. The van der Waals surface area contributed by atoms with Crippen LogP contribution in [0.15, 0.2) is 71.7 Å². The number of nitrogens with zero attached hydrogens (tertiary/aromatic N) is 2. The van der Waals surface area contributed by atoms with E-state index in [2.05, 4.69) is 15.4 Å². The highest BCUT2D eigenvalue weighted by atomic mass is 35.5. The van der Waals surface area contributed by atoms with Gasteiger partial charge in [-0.15, -0.1) is 0 Å². The number of halogens is 1. The van der Waals surface area contributed by atoms with Crippen molar-refractivity contribution < 1.29 is 4.79 Å². The van der Waals surface area contributed by atoms with E-state index in [1.165, 1.54) is 6.07 Å². The van der Waals surface area contributed by atoms with Crippen molar-refractivity contribution in [3.8, 4) is 11.3 Å². The number of benzene rings is 2. The number of H-pyrrole nitrogens is 1. The molecule has 0 unspecified atom stereocenters. The molecular formula is C20H15ClN4O2. The molecule has 0 aliphatic carbocycles. The Balaban J connectivity index is 1.57. The van der Waals surface area contributed by atoms with Crippen LogP contribution in [0.25, 0.3) is 22.2 Å². The van der Waals surface area contributed by atoms with E-state index in [-0.39, 0.29) is 18.0 Å². The highest BCUT2D eigenvalue weighted by Crippen LogP contribution is 2.22. The van der Waals surface area contributed by atoms with Crippen LogP contribution in [0.5, 0.6) is 0 Å². The van der Waals surface area contributed by atoms with Gasteiger partial charge in [0.05, 0.1) is 11.4 Å².